The van der Waals surface area contributed by atoms with Crippen LogP contribution in [0.2, 0.25) is 0 Å². The van der Waals surface area contributed by atoms with Crippen molar-refractivity contribution in [1.82, 2.24) is 0 Å². The predicted molar refractivity (Wildman–Crippen MR) is 112 cm³/mol. The molecule has 1 aliphatic rings. The quantitative estimate of drug-likeness (QED) is 0.677. The van der Waals surface area contributed by atoms with Gasteiger partial charge in [0.2, 0.25) is 0 Å². The fraction of sp³-hybridized carbons (Fsp3) is 0.391. The van der Waals surface area contributed by atoms with Crippen molar-refractivity contribution < 1.29 is 14.7 Å². The Balaban J connectivity index is 0.000000254. The average molecular weight is 385 g/mol. The number of ketones is 1. The molecule has 0 bridgehead atoms. The highest BCUT2D eigenvalue weighted by atomic mass is 32.1. The summed E-state index contributed by atoms with van der Waals surface area (Å²) in [5.74, 6) is 6.09. The molecule has 27 heavy (non-hydrogen) atoms. The van der Waals surface area contributed by atoms with Crippen LogP contribution in [0.3, 0.4) is 0 Å². The summed E-state index contributed by atoms with van der Waals surface area (Å²) >= 11 is 1.37. The molecule has 1 heterocycles. The van der Waals surface area contributed by atoms with Crippen molar-refractivity contribution in [2.45, 2.75) is 52.9 Å². The number of thiophene rings is 1. The van der Waals surface area contributed by atoms with Gasteiger partial charge in [0.15, 0.2) is 0 Å². The first-order chi connectivity index (χ1) is 13.1. The van der Waals surface area contributed by atoms with E-state index in [4.69, 9.17) is 5.11 Å². The molecule has 0 spiro atoms. The maximum Gasteiger partial charge on any atom is 0.345 e. The fourth-order valence-corrected chi connectivity index (χ4v) is 3.47. The van der Waals surface area contributed by atoms with Crippen LogP contribution in [0.15, 0.2) is 42.5 Å². The molecule has 1 aliphatic carbocycles. The summed E-state index contributed by atoms with van der Waals surface area (Å²) in [4.78, 5) is 23.0. The molecule has 0 saturated heterocycles. The molecule has 1 aromatic carbocycles. The van der Waals surface area contributed by atoms with Crippen molar-refractivity contribution >= 4 is 23.1 Å². The molecular formula is C23H28O3S. The van der Waals surface area contributed by atoms with Gasteiger partial charge in [-0.05, 0) is 37.1 Å². The number of aryl methyl sites for hydroxylation is 1. The minimum absolute atomic E-state index is 0.294. The number of Topliss-reactive ketones (excluding diaryl/α,β-unsaturated/α-hetero) is 1. The van der Waals surface area contributed by atoms with E-state index in [9.17, 15) is 9.59 Å². The van der Waals surface area contributed by atoms with Crippen molar-refractivity contribution in [2.24, 2.45) is 5.92 Å². The highest BCUT2D eigenvalue weighted by Crippen LogP contribution is 2.20. The SMILES string of the molecule is CC.CCCc1ccc(C(=O)O)s1.O=C1CCC(C#Cc2ccccc2)C1. The van der Waals surface area contributed by atoms with Crippen LogP contribution in [-0.4, -0.2) is 16.9 Å². The van der Waals surface area contributed by atoms with Crippen molar-refractivity contribution in [1.29, 1.82) is 0 Å². The summed E-state index contributed by atoms with van der Waals surface area (Å²) in [6, 6.07) is 13.5. The monoisotopic (exact) mass is 384 g/mol. The summed E-state index contributed by atoms with van der Waals surface area (Å²) in [5, 5.41) is 8.58. The molecule has 1 fully saturated rings. The van der Waals surface area contributed by atoms with Gasteiger partial charge in [0.05, 0.1) is 0 Å². The van der Waals surface area contributed by atoms with E-state index in [1.165, 1.54) is 11.3 Å². The minimum atomic E-state index is -0.822. The molecule has 3 nitrogen and oxygen atoms in total. The molecule has 0 amide bonds. The lowest BCUT2D eigenvalue weighted by Gasteiger charge is -1.94. The second-order valence-corrected chi connectivity index (χ2v) is 7.10. The van der Waals surface area contributed by atoms with E-state index in [0.29, 0.717) is 29.4 Å². The van der Waals surface area contributed by atoms with E-state index in [-0.39, 0.29) is 0 Å². The third kappa shape index (κ3) is 8.70. The summed E-state index contributed by atoms with van der Waals surface area (Å²) in [7, 11) is 0. The van der Waals surface area contributed by atoms with Gasteiger partial charge in [-0.1, -0.05) is 57.2 Å². The second-order valence-electron chi connectivity index (χ2n) is 5.93. The smallest absolute Gasteiger partial charge is 0.345 e. The first-order valence-electron chi connectivity index (χ1n) is 9.48. The van der Waals surface area contributed by atoms with Crippen molar-refractivity contribution in [3.05, 3.63) is 57.8 Å². The summed E-state index contributed by atoms with van der Waals surface area (Å²) in [6.45, 7) is 6.08. The Bertz CT molecular complexity index is 766. The third-order valence-corrected chi connectivity index (χ3v) is 4.94. The first-order valence-corrected chi connectivity index (χ1v) is 10.3. The number of hydrogen-bond donors (Lipinski definition) is 1. The Morgan fingerprint density at radius 3 is 2.41 bits per heavy atom. The number of benzene rings is 1. The lowest BCUT2D eigenvalue weighted by molar-refractivity contribution is -0.117. The molecule has 1 N–H and O–H groups in total. The van der Waals surface area contributed by atoms with Gasteiger partial charge in [-0.25, -0.2) is 4.79 Å². The maximum atomic E-state index is 11.0. The zero-order chi connectivity index (χ0) is 20.1. The van der Waals surface area contributed by atoms with Crippen LogP contribution in [0.1, 0.15) is 66.6 Å². The van der Waals surface area contributed by atoms with Crippen LogP contribution in [-0.2, 0) is 11.2 Å². The van der Waals surface area contributed by atoms with Crippen LogP contribution in [0, 0.1) is 17.8 Å². The van der Waals surface area contributed by atoms with Gasteiger partial charge >= 0.3 is 5.97 Å². The number of aromatic carboxylic acids is 1. The molecule has 2 aromatic rings. The van der Waals surface area contributed by atoms with E-state index >= 15 is 0 Å². The summed E-state index contributed by atoms with van der Waals surface area (Å²) < 4.78 is 0. The number of carbonyl (C=O) groups excluding carboxylic acids is 1. The molecule has 144 valence electrons. The van der Waals surface area contributed by atoms with Crippen LogP contribution in [0.5, 0.6) is 0 Å². The van der Waals surface area contributed by atoms with Gasteiger partial charge in [-0.15, -0.1) is 11.3 Å². The standard InChI is InChI=1S/C13H12O.C8H10O2S.C2H6/c14-13-9-8-12(10-13)7-6-11-4-2-1-3-5-11;1-2-3-6-4-5-7(11-6)8(9)10;1-2/h1-5,12H,8-10H2;4-5H,2-3H2,1H3,(H,9,10);1-2H3. The topological polar surface area (TPSA) is 54.4 Å². The Hall–Kier alpha value is -2.38. The van der Waals surface area contributed by atoms with E-state index in [1.807, 2.05) is 50.2 Å². The molecule has 1 saturated carbocycles. The molecule has 0 aliphatic heterocycles. The molecule has 1 unspecified atom stereocenters. The van der Waals surface area contributed by atoms with E-state index in [1.54, 1.807) is 6.07 Å². The zero-order valence-corrected chi connectivity index (χ0v) is 17.1. The second kappa shape index (κ2) is 12.9. The summed E-state index contributed by atoms with van der Waals surface area (Å²) in [5.41, 5.74) is 1.03. The van der Waals surface area contributed by atoms with Gasteiger partial charge in [0, 0.05) is 29.2 Å². The van der Waals surface area contributed by atoms with E-state index < -0.39 is 5.97 Å². The number of carboxylic acid groups (broad SMARTS) is 1. The highest BCUT2D eigenvalue weighted by Gasteiger charge is 2.19. The van der Waals surface area contributed by atoms with E-state index in [0.717, 1.165) is 29.7 Å². The fourth-order valence-electron chi connectivity index (χ4n) is 2.52. The molecular weight excluding hydrogens is 356 g/mol. The van der Waals surface area contributed by atoms with Crippen LogP contribution >= 0.6 is 11.3 Å². The highest BCUT2D eigenvalue weighted by molar-refractivity contribution is 7.13. The zero-order valence-electron chi connectivity index (χ0n) is 16.3. The summed E-state index contributed by atoms with van der Waals surface area (Å²) in [6.07, 6.45) is 4.37. The first kappa shape index (κ1) is 22.7. The van der Waals surface area contributed by atoms with Crippen molar-refractivity contribution in [2.75, 3.05) is 0 Å². The molecule has 3 rings (SSSR count). The van der Waals surface area contributed by atoms with Crippen molar-refractivity contribution in [3.63, 3.8) is 0 Å². The average Bonchev–Trinajstić information content (AvgIpc) is 3.33. The molecule has 0 radical (unpaired) electrons. The molecule has 1 atom stereocenters. The van der Waals surface area contributed by atoms with Crippen LogP contribution in [0.4, 0.5) is 0 Å². The predicted octanol–water partition coefficient (Wildman–Crippen LogP) is 5.83. The van der Waals surface area contributed by atoms with Crippen molar-refractivity contribution in [3.8, 4) is 11.8 Å². The van der Waals surface area contributed by atoms with Gasteiger partial charge in [0.25, 0.3) is 0 Å². The Morgan fingerprint density at radius 2 is 1.89 bits per heavy atom. The van der Waals surface area contributed by atoms with Crippen LogP contribution in [0.25, 0.3) is 0 Å². The third-order valence-electron chi connectivity index (χ3n) is 3.81. The Labute approximate surface area is 166 Å². The largest absolute Gasteiger partial charge is 0.477 e. The van der Waals surface area contributed by atoms with Gasteiger partial charge in [-0.3, -0.25) is 4.79 Å². The number of hydrogen-bond acceptors (Lipinski definition) is 3. The van der Waals surface area contributed by atoms with Gasteiger partial charge in [0.1, 0.15) is 10.7 Å². The van der Waals surface area contributed by atoms with Gasteiger partial charge < -0.3 is 5.11 Å². The lowest BCUT2D eigenvalue weighted by Crippen LogP contribution is -1.90. The van der Waals surface area contributed by atoms with Gasteiger partial charge in [-0.2, -0.15) is 0 Å². The Morgan fingerprint density at radius 1 is 1.19 bits per heavy atom. The Kier molecular flexibility index (Phi) is 10.8. The molecule has 1 aromatic heterocycles. The van der Waals surface area contributed by atoms with E-state index in [2.05, 4.69) is 18.8 Å². The number of rotatable bonds is 3. The lowest BCUT2D eigenvalue weighted by atomic mass is 10.1. The maximum absolute atomic E-state index is 11.0. The minimum Gasteiger partial charge on any atom is -0.477 e. The normalized spacial score (nSPS) is 14.8. The number of carbonyl (C=O) groups is 2. The van der Waals surface area contributed by atoms with Crippen LogP contribution < -0.4 is 0 Å². The molecule has 4 heteroatoms. The number of carboxylic acids is 1.